The first-order valence-electron chi connectivity index (χ1n) is 7.32. The molecule has 2 aliphatic rings. The van der Waals surface area contributed by atoms with Gasteiger partial charge in [0.1, 0.15) is 0 Å². The minimum Gasteiger partial charge on any atom is -0.306 e. The summed E-state index contributed by atoms with van der Waals surface area (Å²) in [4.78, 5) is 1.48. The van der Waals surface area contributed by atoms with Crippen molar-refractivity contribution in [1.29, 1.82) is 0 Å². The van der Waals surface area contributed by atoms with Gasteiger partial charge in [0, 0.05) is 22.7 Å². The molecule has 3 atom stereocenters. The van der Waals surface area contributed by atoms with Crippen LogP contribution in [0.25, 0.3) is 0 Å². The van der Waals surface area contributed by atoms with Crippen molar-refractivity contribution < 1.29 is 0 Å². The summed E-state index contributed by atoms with van der Waals surface area (Å²) in [5.74, 6) is 2.05. The molecule has 18 heavy (non-hydrogen) atoms. The molecule has 1 aromatic carbocycles. The Morgan fingerprint density at radius 1 is 1.11 bits per heavy atom. The van der Waals surface area contributed by atoms with Crippen molar-refractivity contribution in [3.05, 3.63) is 29.8 Å². The molecule has 0 aromatic heterocycles. The fraction of sp³-hybridized carbons (Fsp3) is 0.625. The van der Waals surface area contributed by atoms with E-state index in [0.717, 1.165) is 12.0 Å². The fourth-order valence-electron chi connectivity index (χ4n) is 3.30. The van der Waals surface area contributed by atoms with Crippen LogP contribution >= 0.6 is 11.8 Å². The molecular formula is C16H23NS. The molecule has 1 nitrogen and oxygen atoms in total. The third-order valence-electron chi connectivity index (χ3n) is 4.48. The molecule has 3 rings (SSSR count). The fourth-order valence-corrected chi connectivity index (χ4v) is 4.47. The van der Waals surface area contributed by atoms with Crippen molar-refractivity contribution in [3.8, 4) is 0 Å². The first-order chi connectivity index (χ1) is 8.84. The zero-order valence-corrected chi connectivity index (χ0v) is 12.0. The molecule has 3 unspecified atom stereocenters. The quantitative estimate of drug-likeness (QED) is 0.792. The number of benzene rings is 1. The van der Waals surface area contributed by atoms with E-state index in [-0.39, 0.29) is 0 Å². The second-order valence-corrected chi connectivity index (χ2v) is 6.85. The van der Waals surface area contributed by atoms with Gasteiger partial charge in [-0.2, -0.15) is 0 Å². The lowest BCUT2D eigenvalue weighted by atomic mass is 9.95. The van der Waals surface area contributed by atoms with Gasteiger partial charge in [0.05, 0.1) is 0 Å². The topological polar surface area (TPSA) is 12.0 Å². The van der Waals surface area contributed by atoms with Crippen molar-refractivity contribution in [1.82, 2.24) is 5.32 Å². The average Bonchev–Trinajstić information content (AvgIpc) is 2.69. The Bertz CT molecular complexity index is 404. The highest BCUT2D eigenvalue weighted by molar-refractivity contribution is 7.99. The predicted octanol–water partition coefficient (Wildman–Crippen LogP) is 4.39. The highest BCUT2D eigenvalue weighted by Crippen LogP contribution is 2.39. The molecule has 1 fully saturated rings. The molecule has 1 heterocycles. The minimum atomic E-state index is 0.580. The lowest BCUT2D eigenvalue weighted by molar-refractivity contribution is 0.332. The Morgan fingerprint density at radius 2 is 1.94 bits per heavy atom. The second-order valence-electron chi connectivity index (χ2n) is 5.79. The number of fused-ring (bicyclic) bond motifs is 1. The van der Waals surface area contributed by atoms with E-state index in [1.165, 1.54) is 48.3 Å². The van der Waals surface area contributed by atoms with Crippen molar-refractivity contribution in [2.45, 2.75) is 56.0 Å². The maximum atomic E-state index is 3.94. The Balaban J connectivity index is 1.70. The summed E-state index contributed by atoms with van der Waals surface area (Å²) < 4.78 is 0. The monoisotopic (exact) mass is 261 g/mol. The van der Waals surface area contributed by atoms with Crippen LogP contribution in [0.5, 0.6) is 0 Å². The standard InChI is InChI=1S/C16H23NS/c1-12-7-3-2-4-9-14(12)17-15-11-18-16-10-6-5-8-13(15)16/h5-6,8,10,12,14-15,17H,2-4,7,9,11H2,1H3. The van der Waals surface area contributed by atoms with Gasteiger partial charge in [0.25, 0.3) is 0 Å². The van der Waals surface area contributed by atoms with Gasteiger partial charge >= 0.3 is 0 Å². The first-order valence-corrected chi connectivity index (χ1v) is 8.31. The van der Waals surface area contributed by atoms with E-state index >= 15 is 0 Å². The lowest BCUT2D eigenvalue weighted by Gasteiger charge is -2.27. The highest BCUT2D eigenvalue weighted by Gasteiger charge is 2.27. The number of thioether (sulfide) groups is 1. The molecule has 98 valence electrons. The third kappa shape index (κ3) is 2.60. The summed E-state index contributed by atoms with van der Waals surface area (Å²) in [6.45, 7) is 2.43. The van der Waals surface area contributed by atoms with Gasteiger partial charge in [0.2, 0.25) is 0 Å². The van der Waals surface area contributed by atoms with Gasteiger partial charge < -0.3 is 5.32 Å². The molecule has 1 aromatic rings. The van der Waals surface area contributed by atoms with Crippen molar-refractivity contribution in [2.24, 2.45) is 5.92 Å². The summed E-state index contributed by atoms with van der Waals surface area (Å²) >= 11 is 2.01. The van der Waals surface area contributed by atoms with Crippen molar-refractivity contribution in [3.63, 3.8) is 0 Å². The number of rotatable bonds is 2. The van der Waals surface area contributed by atoms with Crippen LogP contribution in [0, 0.1) is 5.92 Å². The van der Waals surface area contributed by atoms with Gasteiger partial charge in [-0.1, -0.05) is 44.4 Å². The van der Waals surface area contributed by atoms with Crippen molar-refractivity contribution >= 4 is 11.8 Å². The van der Waals surface area contributed by atoms with Gasteiger partial charge in [-0.05, 0) is 30.4 Å². The Hall–Kier alpha value is -0.470. The maximum absolute atomic E-state index is 3.94. The second kappa shape index (κ2) is 5.66. The summed E-state index contributed by atoms with van der Waals surface area (Å²) in [5.41, 5.74) is 1.53. The normalized spacial score (nSPS) is 31.9. The van der Waals surface area contributed by atoms with Gasteiger partial charge in [-0.15, -0.1) is 11.8 Å². The van der Waals surface area contributed by atoms with Crippen LogP contribution in [0.3, 0.4) is 0 Å². The highest BCUT2D eigenvalue weighted by atomic mass is 32.2. The minimum absolute atomic E-state index is 0.580. The van der Waals surface area contributed by atoms with Gasteiger partial charge in [-0.25, -0.2) is 0 Å². The molecule has 2 heteroatoms. The molecule has 0 bridgehead atoms. The molecule has 1 saturated carbocycles. The molecule has 0 spiro atoms. The number of hydrogen-bond donors (Lipinski definition) is 1. The smallest absolute Gasteiger partial charge is 0.0428 e. The predicted molar refractivity (Wildman–Crippen MR) is 79.1 cm³/mol. The van der Waals surface area contributed by atoms with Crippen LogP contribution in [0.15, 0.2) is 29.2 Å². The third-order valence-corrected chi connectivity index (χ3v) is 5.66. The molecule has 1 aliphatic carbocycles. The SMILES string of the molecule is CC1CCCCCC1NC1CSc2ccccc21. The van der Waals surface area contributed by atoms with E-state index in [1.807, 2.05) is 11.8 Å². The lowest BCUT2D eigenvalue weighted by Crippen LogP contribution is -2.37. The number of nitrogens with one attached hydrogen (secondary N) is 1. The Kier molecular flexibility index (Phi) is 3.95. The zero-order valence-electron chi connectivity index (χ0n) is 11.2. The molecule has 0 radical (unpaired) electrons. The molecule has 0 amide bonds. The van der Waals surface area contributed by atoms with Crippen LogP contribution in [0.1, 0.15) is 50.6 Å². The maximum Gasteiger partial charge on any atom is 0.0428 e. The largest absolute Gasteiger partial charge is 0.306 e. The van der Waals surface area contributed by atoms with E-state index in [4.69, 9.17) is 0 Å². The summed E-state index contributed by atoms with van der Waals surface area (Å²) in [6, 6.07) is 10.2. The van der Waals surface area contributed by atoms with Crippen LogP contribution < -0.4 is 5.32 Å². The van der Waals surface area contributed by atoms with Crippen LogP contribution in [-0.4, -0.2) is 11.8 Å². The molecule has 0 saturated heterocycles. The first kappa shape index (κ1) is 12.6. The van der Waals surface area contributed by atoms with E-state index < -0.39 is 0 Å². The van der Waals surface area contributed by atoms with Gasteiger partial charge in [0.15, 0.2) is 0 Å². The van der Waals surface area contributed by atoms with E-state index in [2.05, 4.69) is 36.5 Å². The molecule has 1 aliphatic heterocycles. The zero-order chi connectivity index (χ0) is 12.4. The summed E-state index contributed by atoms with van der Waals surface area (Å²) in [6.07, 6.45) is 7.03. The van der Waals surface area contributed by atoms with E-state index in [1.54, 1.807) is 0 Å². The Labute approximate surface area is 115 Å². The van der Waals surface area contributed by atoms with Crippen LogP contribution in [0.4, 0.5) is 0 Å². The van der Waals surface area contributed by atoms with Crippen molar-refractivity contribution in [2.75, 3.05) is 5.75 Å². The number of hydrogen-bond acceptors (Lipinski definition) is 2. The van der Waals surface area contributed by atoms with Gasteiger partial charge in [-0.3, -0.25) is 0 Å². The molecular weight excluding hydrogens is 238 g/mol. The van der Waals surface area contributed by atoms with Crippen LogP contribution in [0.2, 0.25) is 0 Å². The molecule has 1 N–H and O–H groups in total. The van der Waals surface area contributed by atoms with E-state index in [9.17, 15) is 0 Å². The Morgan fingerprint density at radius 3 is 2.89 bits per heavy atom. The average molecular weight is 261 g/mol. The summed E-state index contributed by atoms with van der Waals surface area (Å²) in [5, 5.41) is 3.94. The van der Waals surface area contributed by atoms with Crippen LogP contribution in [-0.2, 0) is 0 Å². The summed E-state index contributed by atoms with van der Waals surface area (Å²) in [7, 11) is 0. The van der Waals surface area contributed by atoms with E-state index in [0.29, 0.717) is 6.04 Å².